The molecule has 2 aromatic heterocycles. The van der Waals surface area contributed by atoms with E-state index in [0.717, 1.165) is 17.9 Å². The van der Waals surface area contributed by atoms with Gasteiger partial charge >= 0.3 is 0 Å². The van der Waals surface area contributed by atoms with Crippen LogP contribution in [0.1, 0.15) is 32.5 Å². The first kappa shape index (κ1) is 12.9. The molecule has 1 fully saturated rings. The lowest BCUT2D eigenvalue weighted by atomic mass is 10.1. The Morgan fingerprint density at radius 3 is 3.05 bits per heavy atom. The molecule has 1 saturated heterocycles. The van der Waals surface area contributed by atoms with Gasteiger partial charge in [-0.2, -0.15) is 5.10 Å². The maximum Gasteiger partial charge on any atom is 0.155 e. The molecule has 5 heteroatoms. The number of nitrogens with zero attached hydrogens (tertiary/aromatic N) is 4. The quantitative estimate of drug-likeness (QED) is 0.866. The van der Waals surface area contributed by atoms with Crippen LogP contribution in [-0.2, 0) is 6.42 Å². The minimum absolute atomic E-state index is 0.577. The van der Waals surface area contributed by atoms with Crippen molar-refractivity contribution in [3.8, 4) is 0 Å². The van der Waals surface area contributed by atoms with Crippen LogP contribution < -0.4 is 0 Å². The topological polar surface area (TPSA) is 33.4 Å². The van der Waals surface area contributed by atoms with Crippen LogP contribution in [0, 0.1) is 0 Å². The van der Waals surface area contributed by atoms with Crippen molar-refractivity contribution in [2.45, 2.75) is 45.2 Å². The Morgan fingerprint density at radius 1 is 1.42 bits per heavy atom. The first-order valence-corrected chi connectivity index (χ1v) is 7.28. The smallest absolute Gasteiger partial charge is 0.155 e. The number of halogens is 1. The van der Waals surface area contributed by atoms with Crippen LogP contribution in [0.3, 0.4) is 0 Å². The molecule has 1 aliphatic rings. The summed E-state index contributed by atoms with van der Waals surface area (Å²) in [5.74, 6) is 0.916. The standard InChI is InChI=1S/C14H19ClN4/c1-10(2)18-7-3-4-12(18)8-13-16-14-6-5-11(15)9-19(14)17-13/h5-6,9-10,12H,3-4,7-8H2,1-2H3. The van der Waals surface area contributed by atoms with Crippen LogP contribution in [0.2, 0.25) is 5.02 Å². The van der Waals surface area contributed by atoms with Gasteiger partial charge in [0.15, 0.2) is 11.5 Å². The molecule has 1 unspecified atom stereocenters. The molecule has 0 aliphatic carbocycles. The molecule has 0 amide bonds. The average molecular weight is 279 g/mol. The number of hydrogen-bond acceptors (Lipinski definition) is 3. The summed E-state index contributed by atoms with van der Waals surface area (Å²) < 4.78 is 1.77. The first-order chi connectivity index (χ1) is 9.13. The Labute approximate surface area is 118 Å². The second kappa shape index (κ2) is 5.10. The molecule has 2 aromatic rings. The lowest BCUT2D eigenvalue weighted by Crippen LogP contribution is -2.36. The number of likely N-dealkylation sites (tertiary alicyclic amines) is 1. The van der Waals surface area contributed by atoms with Gasteiger partial charge in [0, 0.05) is 24.7 Å². The normalized spacial score (nSPS) is 20.7. The fourth-order valence-corrected chi connectivity index (χ4v) is 3.11. The minimum atomic E-state index is 0.577. The van der Waals surface area contributed by atoms with E-state index >= 15 is 0 Å². The van der Waals surface area contributed by atoms with Crippen LogP contribution in [0.15, 0.2) is 18.3 Å². The summed E-state index contributed by atoms with van der Waals surface area (Å²) in [6.07, 6.45) is 5.26. The minimum Gasteiger partial charge on any atom is -0.298 e. The van der Waals surface area contributed by atoms with Crippen LogP contribution in [0.5, 0.6) is 0 Å². The van der Waals surface area contributed by atoms with Gasteiger partial charge < -0.3 is 0 Å². The molecule has 3 heterocycles. The van der Waals surface area contributed by atoms with Gasteiger partial charge in [0.1, 0.15) is 0 Å². The molecule has 0 spiro atoms. The van der Waals surface area contributed by atoms with Gasteiger partial charge in [-0.05, 0) is 45.4 Å². The number of fused-ring (bicyclic) bond motifs is 1. The van der Waals surface area contributed by atoms with Crippen LogP contribution in [-0.4, -0.2) is 38.1 Å². The zero-order valence-electron chi connectivity index (χ0n) is 11.4. The van der Waals surface area contributed by atoms with Crippen molar-refractivity contribution in [3.05, 3.63) is 29.2 Å². The highest BCUT2D eigenvalue weighted by atomic mass is 35.5. The summed E-state index contributed by atoms with van der Waals surface area (Å²) in [6, 6.07) is 4.94. The van der Waals surface area contributed by atoms with Gasteiger partial charge in [0.05, 0.1) is 5.02 Å². The molecule has 1 aliphatic heterocycles. The number of hydrogen-bond donors (Lipinski definition) is 0. The highest BCUT2D eigenvalue weighted by Gasteiger charge is 2.27. The van der Waals surface area contributed by atoms with E-state index in [-0.39, 0.29) is 0 Å². The third kappa shape index (κ3) is 2.60. The van der Waals surface area contributed by atoms with Crippen molar-refractivity contribution in [3.63, 3.8) is 0 Å². The maximum atomic E-state index is 5.97. The van der Waals surface area contributed by atoms with Crippen LogP contribution in [0.4, 0.5) is 0 Å². The summed E-state index contributed by atoms with van der Waals surface area (Å²) in [6.45, 7) is 5.71. The van der Waals surface area contributed by atoms with E-state index in [1.54, 1.807) is 4.52 Å². The van der Waals surface area contributed by atoms with Gasteiger partial charge in [0.25, 0.3) is 0 Å². The zero-order chi connectivity index (χ0) is 13.4. The van der Waals surface area contributed by atoms with E-state index in [2.05, 4.69) is 28.8 Å². The van der Waals surface area contributed by atoms with Gasteiger partial charge in [0.2, 0.25) is 0 Å². The molecular formula is C14H19ClN4. The van der Waals surface area contributed by atoms with Gasteiger partial charge in [-0.15, -0.1) is 0 Å². The third-order valence-electron chi connectivity index (χ3n) is 3.84. The first-order valence-electron chi connectivity index (χ1n) is 6.90. The molecule has 1 atom stereocenters. The molecular weight excluding hydrogens is 260 g/mol. The largest absolute Gasteiger partial charge is 0.298 e. The predicted octanol–water partition coefficient (Wildman–Crippen LogP) is 2.80. The van der Waals surface area contributed by atoms with E-state index in [1.807, 2.05) is 18.3 Å². The van der Waals surface area contributed by atoms with E-state index in [9.17, 15) is 0 Å². The zero-order valence-corrected chi connectivity index (χ0v) is 12.1. The highest BCUT2D eigenvalue weighted by Crippen LogP contribution is 2.22. The lowest BCUT2D eigenvalue weighted by Gasteiger charge is -2.27. The number of rotatable bonds is 3. The second-order valence-corrected chi connectivity index (χ2v) is 5.95. The summed E-state index contributed by atoms with van der Waals surface area (Å²) >= 11 is 5.97. The molecule has 3 rings (SSSR count). The Kier molecular flexibility index (Phi) is 3.46. The van der Waals surface area contributed by atoms with Crippen molar-refractivity contribution in [1.82, 2.24) is 19.5 Å². The molecule has 4 nitrogen and oxygen atoms in total. The van der Waals surface area contributed by atoms with Crippen molar-refractivity contribution in [2.24, 2.45) is 0 Å². The Balaban J connectivity index is 1.81. The van der Waals surface area contributed by atoms with Gasteiger partial charge in [-0.1, -0.05) is 11.6 Å². The summed E-state index contributed by atoms with van der Waals surface area (Å²) in [7, 11) is 0. The SMILES string of the molecule is CC(C)N1CCCC1Cc1nc2ccc(Cl)cn2n1. The molecule has 0 saturated carbocycles. The highest BCUT2D eigenvalue weighted by molar-refractivity contribution is 6.30. The Morgan fingerprint density at radius 2 is 2.26 bits per heavy atom. The maximum absolute atomic E-state index is 5.97. The molecule has 0 N–H and O–H groups in total. The van der Waals surface area contributed by atoms with Crippen molar-refractivity contribution >= 4 is 17.2 Å². The van der Waals surface area contributed by atoms with Gasteiger partial charge in [-0.3, -0.25) is 4.90 Å². The van der Waals surface area contributed by atoms with Crippen molar-refractivity contribution in [1.29, 1.82) is 0 Å². The number of aromatic nitrogens is 3. The molecule has 0 aromatic carbocycles. The fourth-order valence-electron chi connectivity index (χ4n) is 2.96. The van der Waals surface area contributed by atoms with Gasteiger partial charge in [-0.25, -0.2) is 9.50 Å². The van der Waals surface area contributed by atoms with Crippen LogP contribution in [0.25, 0.3) is 5.65 Å². The molecule has 0 bridgehead atoms. The third-order valence-corrected chi connectivity index (χ3v) is 4.07. The van der Waals surface area contributed by atoms with E-state index < -0.39 is 0 Å². The van der Waals surface area contributed by atoms with E-state index in [1.165, 1.54) is 19.4 Å². The summed E-state index contributed by atoms with van der Waals surface area (Å²) in [4.78, 5) is 7.13. The second-order valence-electron chi connectivity index (χ2n) is 5.51. The Hall–Kier alpha value is -1.13. The summed E-state index contributed by atoms with van der Waals surface area (Å²) in [5.41, 5.74) is 0.869. The molecule has 0 radical (unpaired) electrons. The monoisotopic (exact) mass is 278 g/mol. The van der Waals surface area contributed by atoms with E-state index in [0.29, 0.717) is 17.1 Å². The van der Waals surface area contributed by atoms with E-state index in [4.69, 9.17) is 11.6 Å². The van der Waals surface area contributed by atoms with Crippen molar-refractivity contribution < 1.29 is 0 Å². The predicted molar refractivity (Wildman–Crippen MR) is 76.6 cm³/mol. The Bertz CT molecular complexity index is 578. The molecule has 102 valence electrons. The van der Waals surface area contributed by atoms with Crippen LogP contribution >= 0.6 is 11.6 Å². The lowest BCUT2D eigenvalue weighted by molar-refractivity contribution is 0.201. The van der Waals surface area contributed by atoms with Crippen molar-refractivity contribution in [2.75, 3.05) is 6.54 Å². The average Bonchev–Trinajstić information content (AvgIpc) is 2.95. The summed E-state index contributed by atoms with van der Waals surface area (Å²) in [5, 5.41) is 5.21. The molecule has 19 heavy (non-hydrogen) atoms. The number of pyridine rings is 1. The fraction of sp³-hybridized carbons (Fsp3) is 0.571.